The van der Waals surface area contributed by atoms with Gasteiger partial charge in [-0.25, -0.2) is 0 Å². The number of amides is 3. The number of hydrogen-bond donors (Lipinski definition) is 0. The van der Waals surface area contributed by atoms with Gasteiger partial charge in [0.05, 0.1) is 19.7 Å². The van der Waals surface area contributed by atoms with Gasteiger partial charge >= 0.3 is 5.97 Å². The molecular formula is C27H38N4O5. The molecule has 36 heavy (non-hydrogen) atoms. The van der Waals surface area contributed by atoms with Crippen LogP contribution in [0, 0.1) is 5.92 Å². The third kappa shape index (κ3) is 5.50. The quantitative estimate of drug-likeness (QED) is 0.536. The van der Waals surface area contributed by atoms with Crippen molar-refractivity contribution in [3.63, 3.8) is 0 Å². The third-order valence-electron chi connectivity index (χ3n) is 7.84. The van der Waals surface area contributed by atoms with Crippen molar-refractivity contribution in [3.8, 4) is 0 Å². The number of piperidine rings is 2. The van der Waals surface area contributed by atoms with E-state index >= 15 is 0 Å². The predicted octanol–water partition coefficient (Wildman–Crippen LogP) is 2.26. The van der Waals surface area contributed by atoms with Crippen LogP contribution in [0.3, 0.4) is 0 Å². The van der Waals surface area contributed by atoms with Gasteiger partial charge in [-0.15, -0.1) is 0 Å². The van der Waals surface area contributed by atoms with E-state index in [2.05, 4.69) is 11.8 Å². The molecule has 0 aliphatic carbocycles. The number of esters is 1. The fourth-order valence-electron chi connectivity index (χ4n) is 5.57. The van der Waals surface area contributed by atoms with Gasteiger partial charge in [0.15, 0.2) is 0 Å². The van der Waals surface area contributed by atoms with E-state index in [1.807, 2.05) is 35.2 Å². The summed E-state index contributed by atoms with van der Waals surface area (Å²) in [5.41, 5.74) is 0.158. The fraction of sp³-hybridized carbons (Fsp3) is 0.630. The highest BCUT2D eigenvalue weighted by Crippen LogP contribution is 2.39. The Kier molecular flexibility index (Phi) is 8.16. The molecule has 0 atom stereocenters. The molecule has 9 heteroatoms. The Morgan fingerprint density at radius 2 is 1.58 bits per heavy atom. The molecule has 3 fully saturated rings. The first kappa shape index (κ1) is 26.0. The Morgan fingerprint density at radius 3 is 2.22 bits per heavy atom. The molecule has 9 nitrogen and oxygen atoms in total. The van der Waals surface area contributed by atoms with Gasteiger partial charge in [-0.05, 0) is 50.7 Å². The minimum Gasteiger partial charge on any atom is -0.466 e. The monoisotopic (exact) mass is 498 g/mol. The van der Waals surface area contributed by atoms with Crippen molar-refractivity contribution in [2.75, 3.05) is 50.9 Å². The second kappa shape index (κ2) is 11.3. The molecule has 3 aliphatic heterocycles. The van der Waals surface area contributed by atoms with Gasteiger partial charge in [0.2, 0.25) is 11.8 Å². The van der Waals surface area contributed by atoms with E-state index in [0.717, 1.165) is 31.6 Å². The minimum atomic E-state index is -0.782. The average Bonchev–Trinajstić information content (AvgIpc) is 3.15. The van der Waals surface area contributed by atoms with Crippen molar-refractivity contribution in [2.24, 2.45) is 5.92 Å². The molecule has 3 saturated heterocycles. The van der Waals surface area contributed by atoms with Crippen molar-refractivity contribution >= 4 is 29.4 Å². The molecule has 0 saturated carbocycles. The lowest BCUT2D eigenvalue weighted by Gasteiger charge is -2.43. The van der Waals surface area contributed by atoms with Gasteiger partial charge in [-0.1, -0.05) is 25.1 Å². The number of nitrogens with zero attached hydrogens (tertiary/aromatic N) is 4. The Bertz CT molecular complexity index is 952. The summed E-state index contributed by atoms with van der Waals surface area (Å²) >= 11 is 0. The third-order valence-corrected chi connectivity index (χ3v) is 7.84. The van der Waals surface area contributed by atoms with E-state index in [1.165, 1.54) is 0 Å². The van der Waals surface area contributed by atoms with Crippen LogP contribution in [0.4, 0.5) is 5.69 Å². The van der Waals surface area contributed by atoms with E-state index in [1.54, 1.807) is 16.7 Å². The van der Waals surface area contributed by atoms with E-state index in [4.69, 9.17) is 4.74 Å². The highest BCUT2D eigenvalue weighted by molar-refractivity contribution is 5.96. The zero-order valence-electron chi connectivity index (χ0n) is 21.5. The second-order valence-corrected chi connectivity index (χ2v) is 10.2. The van der Waals surface area contributed by atoms with Gasteiger partial charge in [0.25, 0.3) is 5.91 Å². The maximum absolute atomic E-state index is 13.8. The summed E-state index contributed by atoms with van der Waals surface area (Å²) in [6, 6.07) is 9.82. The van der Waals surface area contributed by atoms with Gasteiger partial charge in [-0.2, -0.15) is 0 Å². The maximum atomic E-state index is 13.8. The van der Waals surface area contributed by atoms with Crippen LogP contribution in [0.5, 0.6) is 0 Å². The topological polar surface area (TPSA) is 90.5 Å². The lowest BCUT2D eigenvalue weighted by atomic mass is 9.85. The Hall–Kier alpha value is -3.10. The molecule has 1 aromatic carbocycles. The van der Waals surface area contributed by atoms with E-state index in [9.17, 15) is 19.2 Å². The van der Waals surface area contributed by atoms with Crippen molar-refractivity contribution < 1.29 is 23.9 Å². The molecule has 0 radical (unpaired) electrons. The molecule has 3 amide bonds. The molecule has 196 valence electrons. The molecule has 1 aromatic rings. The summed E-state index contributed by atoms with van der Waals surface area (Å²) in [5.74, 6) is 0.130. The Morgan fingerprint density at radius 1 is 0.944 bits per heavy atom. The number of carbonyl (C=O) groups excluding carboxylic acids is 4. The summed E-state index contributed by atoms with van der Waals surface area (Å²) in [7, 11) is 0. The summed E-state index contributed by atoms with van der Waals surface area (Å²) in [6.07, 6.45) is 3.14. The number of carbonyl (C=O) groups is 4. The summed E-state index contributed by atoms with van der Waals surface area (Å²) < 4.78 is 4.93. The summed E-state index contributed by atoms with van der Waals surface area (Å²) in [6.45, 7) is 7.05. The Labute approximate surface area is 213 Å². The highest BCUT2D eigenvalue weighted by Gasteiger charge is 2.54. The zero-order valence-corrected chi connectivity index (χ0v) is 21.5. The number of benzene rings is 1. The average molecular weight is 499 g/mol. The van der Waals surface area contributed by atoms with Crippen molar-refractivity contribution in [3.05, 3.63) is 30.3 Å². The van der Waals surface area contributed by atoms with Gasteiger partial charge in [0, 0.05) is 38.3 Å². The lowest BCUT2D eigenvalue weighted by molar-refractivity contribution is -0.146. The zero-order chi connectivity index (χ0) is 25.7. The first-order valence-corrected chi connectivity index (χ1v) is 13.2. The Balaban J connectivity index is 1.44. The number of anilines is 1. The molecule has 0 unspecified atom stereocenters. The SMILES string of the molecule is CCOC(=O)CCC(=O)N1CCC2(CC1)C(=O)N(CC(=O)N1CCC(C)CC1)CN2c1ccccc1. The van der Waals surface area contributed by atoms with Crippen molar-refractivity contribution in [1.29, 1.82) is 0 Å². The number of para-hydroxylation sites is 1. The molecule has 4 rings (SSSR count). The molecule has 0 N–H and O–H groups in total. The number of rotatable bonds is 7. The van der Waals surface area contributed by atoms with Crippen LogP contribution in [0.2, 0.25) is 0 Å². The normalized spacial score (nSPS) is 20.2. The predicted molar refractivity (Wildman–Crippen MR) is 135 cm³/mol. The van der Waals surface area contributed by atoms with Gasteiger partial charge < -0.3 is 24.3 Å². The van der Waals surface area contributed by atoms with Crippen LogP contribution in [-0.2, 0) is 23.9 Å². The van der Waals surface area contributed by atoms with Crippen LogP contribution < -0.4 is 4.90 Å². The fourth-order valence-corrected chi connectivity index (χ4v) is 5.57. The maximum Gasteiger partial charge on any atom is 0.306 e. The smallest absolute Gasteiger partial charge is 0.306 e. The standard InChI is InChI=1S/C27H38N4O5/c1-3-36-25(34)10-9-23(32)29-17-13-27(14-18-29)26(35)30(20-31(27)22-7-5-4-6-8-22)19-24(33)28-15-11-21(2)12-16-28/h4-8,21H,3,9-20H2,1-2H3. The first-order chi connectivity index (χ1) is 17.3. The largest absolute Gasteiger partial charge is 0.466 e. The van der Waals surface area contributed by atoms with Crippen molar-refractivity contribution in [1.82, 2.24) is 14.7 Å². The minimum absolute atomic E-state index is 0.00638. The second-order valence-electron chi connectivity index (χ2n) is 10.2. The molecular weight excluding hydrogens is 460 g/mol. The number of hydrogen-bond acceptors (Lipinski definition) is 6. The van der Waals surface area contributed by atoms with Crippen LogP contribution in [-0.4, -0.2) is 89.9 Å². The van der Waals surface area contributed by atoms with Gasteiger partial charge in [-0.3, -0.25) is 19.2 Å². The van der Waals surface area contributed by atoms with Gasteiger partial charge in [0.1, 0.15) is 12.1 Å². The number of likely N-dealkylation sites (tertiary alicyclic amines) is 2. The molecule has 1 spiro atoms. The van der Waals surface area contributed by atoms with Crippen LogP contribution in [0.1, 0.15) is 52.4 Å². The van der Waals surface area contributed by atoms with E-state index < -0.39 is 5.54 Å². The van der Waals surface area contributed by atoms with E-state index in [0.29, 0.717) is 45.1 Å². The first-order valence-electron chi connectivity index (χ1n) is 13.2. The molecule has 0 aromatic heterocycles. The number of ether oxygens (including phenoxy) is 1. The lowest BCUT2D eigenvalue weighted by Crippen LogP contribution is -2.57. The molecule has 0 bridgehead atoms. The van der Waals surface area contributed by atoms with Crippen molar-refractivity contribution in [2.45, 2.75) is 57.9 Å². The van der Waals surface area contributed by atoms with Crippen LogP contribution >= 0.6 is 0 Å². The molecule has 3 aliphatic rings. The highest BCUT2D eigenvalue weighted by atomic mass is 16.5. The van der Waals surface area contributed by atoms with E-state index in [-0.39, 0.29) is 43.1 Å². The summed E-state index contributed by atoms with van der Waals surface area (Å²) in [5, 5.41) is 0. The van der Waals surface area contributed by atoms with Crippen LogP contribution in [0.15, 0.2) is 30.3 Å². The van der Waals surface area contributed by atoms with Crippen LogP contribution in [0.25, 0.3) is 0 Å². The molecule has 3 heterocycles. The summed E-state index contributed by atoms with van der Waals surface area (Å²) in [4.78, 5) is 58.7.